The number of hydrogen-bond donors (Lipinski definition) is 2. The van der Waals surface area contributed by atoms with E-state index in [1.54, 1.807) is 48.7 Å². The summed E-state index contributed by atoms with van der Waals surface area (Å²) < 4.78 is 17.9. The first-order valence-electron chi connectivity index (χ1n) is 12.2. The number of anilines is 1. The molecular weight excluding hydrogens is 482 g/mol. The average molecular weight is 517 g/mol. The molecule has 0 atom stereocenters. The normalized spacial score (nSPS) is 14.7. The number of aromatic nitrogens is 1. The van der Waals surface area contributed by atoms with Gasteiger partial charge in [0.05, 0.1) is 31.3 Å². The minimum absolute atomic E-state index is 0.116. The van der Waals surface area contributed by atoms with Gasteiger partial charge in [-0.1, -0.05) is 6.08 Å². The maximum absolute atomic E-state index is 13.6. The zero-order valence-corrected chi connectivity index (χ0v) is 21.8. The van der Waals surface area contributed by atoms with Crippen LogP contribution in [0.4, 0.5) is 11.4 Å². The summed E-state index contributed by atoms with van der Waals surface area (Å²) in [4.78, 5) is 22.2. The summed E-state index contributed by atoms with van der Waals surface area (Å²) in [5, 5.41) is 0. The fraction of sp³-hybridized carbons (Fsp3) is 0.241. The predicted octanol–water partition coefficient (Wildman–Crippen LogP) is 4.45. The minimum Gasteiger partial charge on any atom is -0.472 e. The Morgan fingerprint density at radius 2 is 1.92 bits per heavy atom. The monoisotopic (exact) mass is 516 g/mol. The van der Waals surface area contributed by atoms with Crippen LogP contribution in [-0.2, 0) is 14.3 Å². The maximum atomic E-state index is 13.6. The van der Waals surface area contributed by atoms with Crippen LogP contribution in [0.15, 0.2) is 89.6 Å². The quantitative estimate of drug-likeness (QED) is 0.149. The van der Waals surface area contributed by atoms with Crippen molar-refractivity contribution in [2.75, 3.05) is 25.5 Å². The van der Waals surface area contributed by atoms with Gasteiger partial charge in [-0.3, -0.25) is 9.98 Å². The Bertz CT molecular complexity index is 1310. The topological polar surface area (TPSA) is 129 Å². The number of amides is 1. The van der Waals surface area contributed by atoms with Crippen molar-refractivity contribution in [1.82, 2.24) is 4.98 Å². The molecule has 0 spiro atoms. The number of carbonyl (C=O) groups is 1. The smallest absolute Gasteiger partial charge is 0.440 e. The fourth-order valence-electron chi connectivity index (χ4n) is 3.90. The number of nitrogen functional groups attached to an aromatic ring is 1. The summed E-state index contributed by atoms with van der Waals surface area (Å²) in [7, 11) is 0. The Morgan fingerprint density at radius 1 is 1.21 bits per heavy atom. The number of aliphatic imine (C=N–C) groups is 1. The van der Waals surface area contributed by atoms with Gasteiger partial charge in [0, 0.05) is 66.9 Å². The molecule has 9 heteroatoms. The van der Waals surface area contributed by atoms with Crippen molar-refractivity contribution >= 4 is 29.2 Å². The molecule has 1 fully saturated rings. The van der Waals surface area contributed by atoms with Gasteiger partial charge >= 0.3 is 5.91 Å². The zero-order valence-electron chi connectivity index (χ0n) is 21.8. The molecule has 3 aromatic rings. The molecule has 1 aromatic carbocycles. The largest absolute Gasteiger partial charge is 0.472 e. The van der Waals surface area contributed by atoms with Gasteiger partial charge in [0.25, 0.3) is 0 Å². The van der Waals surface area contributed by atoms with Gasteiger partial charge < -0.3 is 25.4 Å². The van der Waals surface area contributed by atoms with Gasteiger partial charge in [-0.25, -0.2) is 4.79 Å². The highest BCUT2D eigenvalue weighted by atomic mass is 16.7. The molecule has 3 heterocycles. The SMILES string of the molecule is C/C=C(\N)C(=O)[N+](=C(C)c1ccncc1)c1cc(C=NCCC2OCCO2)c(N)cc1-c1ccoc1.C=C. The van der Waals surface area contributed by atoms with Crippen molar-refractivity contribution in [2.24, 2.45) is 10.7 Å². The molecule has 4 N–H and O–H groups in total. The molecule has 1 aliphatic rings. The third kappa shape index (κ3) is 6.70. The molecule has 2 aromatic heterocycles. The summed E-state index contributed by atoms with van der Waals surface area (Å²) in [5.41, 5.74) is 17.4. The number of nitrogens with two attached hydrogens (primary N) is 2. The van der Waals surface area contributed by atoms with Crippen LogP contribution in [0.1, 0.15) is 31.4 Å². The lowest BCUT2D eigenvalue weighted by Crippen LogP contribution is -2.28. The number of rotatable bonds is 8. The first-order valence-corrected chi connectivity index (χ1v) is 12.2. The Kier molecular flexibility index (Phi) is 10.3. The second-order valence-corrected chi connectivity index (χ2v) is 8.21. The first kappa shape index (κ1) is 28.2. The van der Waals surface area contributed by atoms with E-state index in [2.05, 4.69) is 23.1 Å². The van der Waals surface area contributed by atoms with Crippen LogP contribution >= 0.6 is 0 Å². The van der Waals surface area contributed by atoms with Gasteiger partial charge in [0.2, 0.25) is 5.69 Å². The lowest BCUT2D eigenvalue weighted by Gasteiger charge is -2.12. The average Bonchev–Trinajstić information content (AvgIpc) is 3.68. The van der Waals surface area contributed by atoms with Gasteiger partial charge in [0.15, 0.2) is 12.0 Å². The van der Waals surface area contributed by atoms with Crippen LogP contribution in [0.3, 0.4) is 0 Å². The molecule has 0 radical (unpaired) electrons. The first-order chi connectivity index (χ1) is 18.5. The van der Waals surface area contributed by atoms with Gasteiger partial charge in [-0.05, 0) is 31.2 Å². The van der Waals surface area contributed by atoms with E-state index in [4.69, 9.17) is 25.4 Å². The zero-order chi connectivity index (χ0) is 27.5. The Balaban J connectivity index is 0.00000195. The molecule has 38 heavy (non-hydrogen) atoms. The standard InChI is InChI=1S/C27H30N5O4.C2H4/c1-3-23(28)27(33)32(18(2)19-4-8-30-9-5-19)25-14-21(16-31-10-6-26-35-12-13-36-26)24(29)15-22(25)20-7-11-34-17-20;1-2/h3-5,7-9,11,14-17,26H,6,10,12-13,28-29H2,1-2H3;1-2H2/q+1;/b23-3-,31-16?,32-18?;. The third-order valence-corrected chi connectivity index (χ3v) is 5.88. The van der Waals surface area contributed by atoms with E-state index in [0.29, 0.717) is 48.8 Å². The van der Waals surface area contributed by atoms with Crippen molar-refractivity contribution in [2.45, 2.75) is 26.6 Å². The fourth-order valence-corrected chi connectivity index (χ4v) is 3.90. The van der Waals surface area contributed by atoms with Gasteiger partial charge in [-0.2, -0.15) is 0 Å². The van der Waals surface area contributed by atoms with E-state index >= 15 is 0 Å². The summed E-state index contributed by atoms with van der Waals surface area (Å²) in [6, 6.07) is 9.15. The molecule has 198 valence electrons. The number of benzene rings is 1. The number of furan rings is 1. The van der Waals surface area contributed by atoms with E-state index < -0.39 is 0 Å². The molecular formula is C29H34N5O4+. The highest BCUT2D eigenvalue weighted by Gasteiger charge is 2.31. The Hall–Kier alpha value is -4.34. The number of nitrogens with zero attached hydrogens (tertiary/aromatic N) is 3. The molecule has 0 aliphatic carbocycles. The van der Waals surface area contributed by atoms with Crippen molar-refractivity contribution < 1.29 is 23.3 Å². The molecule has 0 bridgehead atoms. The number of pyridine rings is 1. The van der Waals surface area contributed by atoms with Gasteiger partial charge in [-0.15, -0.1) is 17.7 Å². The molecule has 1 amide bonds. The molecule has 1 aliphatic heterocycles. The highest BCUT2D eigenvalue weighted by molar-refractivity contribution is 6.03. The van der Waals surface area contributed by atoms with E-state index in [1.165, 1.54) is 0 Å². The van der Waals surface area contributed by atoms with Crippen LogP contribution in [0.25, 0.3) is 11.1 Å². The number of allylic oxidation sites excluding steroid dienone is 1. The molecule has 4 rings (SSSR count). The van der Waals surface area contributed by atoms with Crippen molar-refractivity contribution in [1.29, 1.82) is 0 Å². The van der Waals surface area contributed by atoms with Crippen LogP contribution in [0.5, 0.6) is 0 Å². The lowest BCUT2D eigenvalue weighted by molar-refractivity contribution is -0.361. The second kappa shape index (κ2) is 13.8. The van der Waals surface area contributed by atoms with E-state index in [9.17, 15) is 4.79 Å². The van der Waals surface area contributed by atoms with Gasteiger partial charge in [0.1, 0.15) is 5.70 Å². The number of ether oxygens (including phenoxy) is 2. The van der Waals surface area contributed by atoms with E-state index in [0.717, 1.165) is 16.7 Å². The lowest BCUT2D eigenvalue weighted by atomic mass is 10.0. The predicted molar refractivity (Wildman–Crippen MR) is 149 cm³/mol. The molecule has 9 nitrogen and oxygen atoms in total. The van der Waals surface area contributed by atoms with Crippen LogP contribution < -0.4 is 11.5 Å². The highest BCUT2D eigenvalue weighted by Crippen LogP contribution is 2.35. The molecule has 0 unspecified atom stereocenters. The van der Waals surface area contributed by atoms with Crippen LogP contribution in [0, 0.1) is 0 Å². The second-order valence-electron chi connectivity index (χ2n) is 8.21. The van der Waals surface area contributed by atoms with E-state index in [-0.39, 0.29) is 17.9 Å². The van der Waals surface area contributed by atoms with Crippen molar-refractivity contribution in [3.05, 3.63) is 91.3 Å². The Labute approximate surface area is 222 Å². The van der Waals surface area contributed by atoms with Crippen molar-refractivity contribution in [3.63, 3.8) is 0 Å². The summed E-state index contributed by atoms with van der Waals surface area (Å²) >= 11 is 0. The van der Waals surface area contributed by atoms with Crippen LogP contribution in [-0.4, -0.2) is 53.4 Å². The minimum atomic E-state index is -0.361. The number of carbonyl (C=O) groups excluding carboxylic acids is 1. The summed E-state index contributed by atoms with van der Waals surface area (Å²) in [5.74, 6) is -0.361. The summed E-state index contributed by atoms with van der Waals surface area (Å²) in [6.07, 6.45) is 10.2. The third-order valence-electron chi connectivity index (χ3n) is 5.88. The maximum Gasteiger partial charge on any atom is 0.440 e. The number of hydrogen-bond acceptors (Lipinski definition) is 8. The molecule has 1 saturated heterocycles. The van der Waals surface area contributed by atoms with E-state index in [1.807, 2.05) is 37.3 Å². The van der Waals surface area contributed by atoms with Crippen LogP contribution in [0.2, 0.25) is 0 Å². The summed E-state index contributed by atoms with van der Waals surface area (Å²) in [6.45, 7) is 11.3. The Morgan fingerprint density at radius 3 is 2.55 bits per heavy atom. The van der Waals surface area contributed by atoms with Crippen molar-refractivity contribution in [3.8, 4) is 11.1 Å². The molecule has 0 saturated carbocycles.